The lowest BCUT2D eigenvalue weighted by Crippen LogP contribution is -1.85. The van der Waals surface area contributed by atoms with Crippen molar-refractivity contribution in [3.8, 4) is 0 Å². The highest BCUT2D eigenvalue weighted by Gasteiger charge is 2.07. The quantitative estimate of drug-likeness (QED) is 0.735. The average Bonchev–Trinajstić information content (AvgIpc) is 1.93. The summed E-state index contributed by atoms with van der Waals surface area (Å²) in [6.45, 7) is 0. The third-order valence-electron chi connectivity index (χ3n) is 0.781. The van der Waals surface area contributed by atoms with E-state index in [-0.39, 0.29) is 0 Å². The normalized spacial score (nSPS) is 10.0. The van der Waals surface area contributed by atoms with Crippen molar-refractivity contribution in [3.05, 3.63) is 19.3 Å². The molecule has 0 atom stereocenters. The summed E-state index contributed by atoms with van der Waals surface area (Å²) in [7, 11) is 0. The third-order valence-corrected chi connectivity index (χ3v) is 3.18. The first-order valence-corrected chi connectivity index (χ1v) is 4.50. The van der Waals surface area contributed by atoms with Gasteiger partial charge < -0.3 is 0 Å². The molecule has 0 saturated carbocycles. The highest BCUT2D eigenvalue weighted by molar-refractivity contribution is 9.11. The molecule has 0 spiro atoms. The number of aromatic nitrogens is 2. The van der Waals surface area contributed by atoms with Gasteiger partial charge in [-0.25, -0.2) is 0 Å². The van der Waals surface area contributed by atoms with Crippen molar-refractivity contribution < 1.29 is 0 Å². The monoisotopic (exact) mass is 304 g/mol. The molecule has 54 valence electrons. The number of hydrogen-bond donors (Lipinski definition) is 0. The summed E-state index contributed by atoms with van der Waals surface area (Å²) in [5.74, 6) is 0. The zero-order valence-electron chi connectivity index (χ0n) is 4.41. The Balaban J connectivity index is 3.34. The highest BCUT2D eigenvalue weighted by Crippen LogP contribution is 2.31. The van der Waals surface area contributed by atoms with Crippen LogP contribution in [-0.2, 0) is 0 Å². The summed E-state index contributed by atoms with van der Waals surface area (Å²) in [6, 6.07) is 0. The van der Waals surface area contributed by atoms with Gasteiger partial charge in [0.25, 0.3) is 0 Å². The van der Waals surface area contributed by atoms with Crippen molar-refractivity contribution >= 4 is 55.1 Å². The molecule has 0 bridgehead atoms. The maximum absolute atomic E-state index is 5.67. The Morgan fingerprint density at radius 1 is 0.900 bits per heavy atom. The second-order valence-electron chi connectivity index (χ2n) is 1.41. The minimum atomic E-state index is 0.364. The molecule has 0 aromatic carbocycles. The maximum atomic E-state index is 5.67. The zero-order valence-corrected chi connectivity index (χ0v) is 9.09. The van der Waals surface area contributed by atoms with Gasteiger partial charge in [0.1, 0.15) is 9.21 Å². The fourth-order valence-electron chi connectivity index (χ4n) is 0.357. The Kier molecular flexibility index (Phi) is 2.91. The molecule has 0 aliphatic heterocycles. The topological polar surface area (TPSA) is 25.8 Å². The van der Waals surface area contributed by atoms with E-state index < -0.39 is 0 Å². The van der Waals surface area contributed by atoms with Crippen LogP contribution < -0.4 is 0 Å². The van der Waals surface area contributed by atoms with Crippen molar-refractivity contribution in [1.82, 2.24) is 10.2 Å². The fraction of sp³-hybridized carbons (Fsp3) is 0. The van der Waals surface area contributed by atoms with Crippen molar-refractivity contribution in [2.45, 2.75) is 0 Å². The van der Waals surface area contributed by atoms with Crippen LogP contribution in [0.15, 0.2) is 9.21 Å². The van der Waals surface area contributed by atoms with Gasteiger partial charge in [0.05, 0.1) is 10.0 Å². The molecule has 0 amide bonds. The lowest BCUT2D eigenvalue weighted by molar-refractivity contribution is 0.981. The van der Waals surface area contributed by atoms with Crippen LogP contribution in [0.5, 0.6) is 0 Å². The molecule has 0 aliphatic carbocycles. The molecule has 1 heterocycles. The lowest BCUT2D eigenvalue weighted by Gasteiger charge is -1.96. The van der Waals surface area contributed by atoms with Crippen LogP contribution in [-0.4, -0.2) is 10.2 Å². The van der Waals surface area contributed by atoms with Crippen LogP contribution >= 0.6 is 55.1 Å². The molecule has 1 aromatic rings. The van der Waals surface area contributed by atoms with Gasteiger partial charge in [-0.05, 0) is 31.9 Å². The molecule has 0 saturated heterocycles. The summed E-state index contributed by atoms with van der Waals surface area (Å²) < 4.78 is 0.893. The molecule has 2 nitrogen and oxygen atoms in total. The van der Waals surface area contributed by atoms with E-state index in [1.807, 2.05) is 0 Å². The molecule has 1 rings (SSSR count). The van der Waals surface area contributed by atoms with Crippen molar-refractivity contribution in [1.29, 1.82) is 0 Å². The minimum absolute atomic E-state index is 0.364. The van der Waals surface area contributed by atoms with E-state index in [0.717, 1.165) is 0 Å². The Morgan fingerprint density at radius 3 is 1.50 bits per heavy atom. The number of nitrogens with zero attached hydrogens (tertiary/aromatic N) is 2. The molecule has 0 N–H and O–H groups in total. The Bertz CT molecular complexity index is 239. The van der Waals surface area contributed by atoms with Crippen LogP contribution in [0, 0.1) is 0 Å². The first-order chi connectivity index (χ1) is 4.63. The molecule has 0 fully saturated rings. The van der Waals surface area contributed by atoms with E-state index in [4.69, 9.17) is 23.2 Å². The standard InChI is InChI=1S/C4Br2Cl2N2/c5-3-1(7)2(8)4(6)10-9-3. The van der Waals surface area contributed by atoms with Gasteiger partial charge in [-0.1, -0.05) is 23.2 Å². The van der Waals surface area contributed by atoms with Gasteiger partial charge in [-0.15, -0.1) is 10.2 Å². The van der Waals surface area contributed by atoms with Gasteiger partial charge in [0.2, 0.25) is 0 Å². The van der Waals surface area contributed by atoms with Gasteiger partial charge in [0, 0.05) is 0 Å². The molecular weight excluding hydrogens is 307 g/mol. The minimum Gasteiger partial charge on any atom is -0.141 e. The van der Waals surface area contributed by atoms with Crippen molar-refractivity contribution in [2.75, 3.05) is 0 Å². The summed E-state index contributed by atoms with van der Waals surface area (Å²) in [5, 5.41) is 8.01. The van der Waals surface area contributed by atoms with E-state index in [2.05, 4.69) is 42.1 Å². The lowest BCUT2D eigenvalue weighted by atomic mass is 10.6. The molecule has 1 aromatic heterocycles. The molecule has 6 heteroatoms. The van der Waals surface area contributed by atoms with Gasteiger partial charge in [-0.3, -0.25) is 0 Å². The van der Waals surface area contributed by atoms with E-state index in [1.165, 1.54) is 0 Å². The largest absolute Gasteiger partial charge is 0.148 e. The van der Waals surface area contributed by atoms with Crippen LogP contribution in [0.2, 0.25) is 10.0 Å². The van der Waals surface area contributed by atoms with Crippen LogP contribution in [0.3, 0.4) is 0 Å². The molecule has 0 unspecified atom stereocenters. The van der Waals surface area contributed by atoms with E-state index in [9.17, 15) is 0 Å². The summed E-state index contributed by atoms with van der Waals surface area (Å²) in [4.78, 5) is 0. The van der Waals surface area contributed by atoms with Gasteiger partial charge >= 0.3 is 0 Å². The average molecular weight is 307 g/mol. The smallest absolute Gasteiger partial charge is 0.141 e. The predicted molar refractivity (Wildman–Crippen MR) is 47.5 cm³/mol. The predicted octanol–water partition coefficient (Wildman–Crippen LogP) is 3.31. The van der Waals surface area contributed by atoms with Gasteiger partial charge in [-0.2, -0.15) is 0 Å². The second kappa shape index (κ2) is 3.34. The Labute approximate surface area is 84.2 Å². The van der Waals surface area contributed by atoms with Crippen LogP contribution in [0.25, 0.3) is 0 Å². The SMILES string of the molecule is Clc1c(Br)nnc(Br)c1Cl. The van der Waals surface area contributed by atoms with E-state index in [1.54, 1.807) is 0 Å². The molecule has 0 radical (unpaired) electrons. The molecule has 10 heavy (non-hydrogen) atoms. The highest BCUT2D eigenvalue weighted by atomic mass is 79.9. The second-order valence-corrected chi connectivity index (χ2v) is 3.67. The summed E-state index contributed by atoms with van der Waals surface area (Å²) in [5.41, 5.74) is 0. The van der Waals surface area contributed by atoms with Crippen LogP contribution in [0.4, 0.5) is 0 Å². The number of halogens is 4. The fourth-order valence-corrected chi connectivity index (χ4v) is 1.39. The Hall–Kier alpha value is 0.620. The molecule has 0 aliphatic rings. The van der Waals surface area contributed by atoms with Crippen molar-refractivity contribution in [2.24, 2.45) is 0 Å². The third kappa shape index (κ3) is 1.61. The van der Waals surface area contributed by atoms with Crippen molar-refractivity contribution in [3.63, 3.8) is 0 Å². The Morgan fingerprint density at radius 2 is 1.20 bits per heavy atom. The maximum Gasteiger partial charge on any atom is 0.148 e. The number of hydrogen-bond acceptors (Lipinski definition) is 2. The zero-order chi connectivity index (χ0) is 7.72. The van der Waals surface area contributed by atoms with E-state index in [0.29, 0.717) is 19.3 Å². The first kappa shape index (κ1) is 8.71. The van der Waals surface area contributed by atoms with E-state index >= 15 is 0 Å². The van der Waals surface area contributed by atoms with Gasteiger partial charge in [0.15, 0.2) is 0 Å². The van der Waals surface area contributed by atoms with Crippen LogP contribution in [0.1, 0.15) is 0 Å². The number of rotatable bonds is 0. The molecular formula is C4Br2Cl2N2. The summed E-state index contributed by atoms with van der Waals surface area (Å²) >= 11 is 17.5. The first-order valence-electron chi connectivity index (χ1n) is 2.15. The summed E-state index contributed by atoms with van der Waals surface area (Å²) in [6.07, 6.45) is 0.